The number of carbonyl (C=O) groups is 2. The molecular formula is C26H35ClN2O10. The van der Waals surface area contributed by atoms with Gasteiger partial charge in [-0.15, -0.1) is 10.1 Å². The third kappa shape index (κ3) is 12.9. The zero-order valence-electron chi connectivity index (χ0n) is 21.4. The number of esters is 1. The fraction of sp³-hybridized carbons (Fsp3) is 0.538. The summed E-state index contributed by atoms with van der Waals surface area (Å²) in [7, 11) is 0. The van der Waals surface area contributed by atoms with Crippen LogP contribution in [0.15, 0.2) is 48.6 Å². The van der Waals surface area contributed by atoms with Crippen molar-refractivity contribution in [3.8, 4) is 5.75 Å². The topological polar surface area (TPSA) is 178 Å². The molecular weight excluding hydrogens is 536 g/mol. The Hall–Kier alpha value is -3.19. The van der Waals surface area contributed by atoms with E-state index < -0.39 is 29.4 Å². The standard InChI is InChI=1S/C26H35ClN2O10/c27-18-6-5-7-20(14-18)38-17-19(30)10-11-22-21(23(31)15-24(22)32)8-3-1-2-4-9-25(33)28-16-26(34)37-12-13-39-29(35)36/h1,3,5-7,10-11,14,19,21-24,30-32H,2,4,8-9,12-13,15-17H2,(H,28,33)/b3-1-,11-10+/t19-,21-,22-,23+,24-/m1/s1. The summed E-state index contributed by atoms with van der Waals surface area (Å²) in [5, 5.41) is 42.9. The van der Waals surface area contributed by atoms with E-state index in [0.29, 0.717) is 30.0 Å². The summed E-state index contributed by atoms with van der Waals surface area (Å²) in [5.41, 5.74) is 0. The fourth-order valence-electron chi connectivity index (χ4n) is 4.09. The average molecular weight is 571 g/mol. The Labute approximate surface area is 231 Å². The molecule has 1 amide bonds. The van der Waals surface area contributed by atoms with Crippen molar-refractivity contribution < 1.29 is 44.3 Å². The Morgan fingerprint density at radius 1 is 1.23 bits per heavy atom. The van der Waals surface area contributed by atoms with E-state index in [2.05, 4.69) is 14.9 Å². The number of nitrogens with one attached hydrogen (secondary N) is 1. The van der Waals surface area contributed by atoms with Crippen LogP contribution in [0, 0.1) is 22.0 Å². The van der Waals surface area contributed by atoms with Crippen LogP contribution in [0.3, 0.4) is 0 Å². The Balaban J connectivity index is 1.66. The molecule has 216 valence electrons. The van der Waals surface area contributed by atoms with E-state index in [9.17, 15) is 35.0 Å². The summed E-state index contributed by atoms with van der Waals surface area (Å²) in [6.07, 6.45) is 6.83. The summed E-state index contributed by atoms with van der Waals surface area (Å²) in [4.78, 5) is 37.3. The van der Waals surface area contributed by atoms with Crippen LogP contribution in [-0.4, -0.2) is 77.0 Å². The Kier molecular flexibility index (Phi) is 14.3. The first-order chi connectivity index (χ1) is 18.7. The molecule has 0 unspecified atom stereocenters. The third-order valence-corrected chi connectivity index (χ3v) is 6.25. The van der Waals surface area contributed by atoms with Gasteiger partial charge in [0, 0.05) is 23.8 Å². The normalized spacial score (nSPS) is 21.6. The molecule has 2 rings (SSSR count). The fourth-order valence-corrected chi connectivity index (χ4v) is 4.27. The lowest BCUT2D eigenvalue weighted by molar-refractivity contribution is -0.757. The van der Waals surface area contributed by atoms with Gasteiger partial charge in [0.1, 0.15) is 38.2 Å². The number of amides is 1. The number of hydrogen-bond acceptors (Lipinski definition) is 10. The molecule has 4 N–H and O–H groups in total. The number of unbranched alkanes of at least 4 members (excludes halogenated alkanes) is 1. The number of hydrogen-bond donors (Lipinski definition) is 4. The molecule has 12 nitrogen and oxygen atoms in total. The van der Waals surface area contributed by atoms with Crippen molar-refractivity contribution in [2.75, 3.05) is 26.4 Å². The van der Waals surface area contributed by atoms with E-state index in [1.165, 1.54) is 0 Å². The zero-order chi connectivity index (χ0) is 28.6. The number of carbonyl (C=O) groups excluding carboxylic acids is 2. The molecule has 0 spiro atoms. The predicted molar refractivity (Wildman–Crippen MR) is 140 cm³/mol. The number of benzene rings is 1. The van der Waals surface area contributed by atoms with Crippen LogP contribution in [0.25, 0.3) is 0 Å². The molecule has 1 aromatic carbocycles. The molecule has 39 heavy (non-hydrogen) atoms. The van der Waals surface area contributed by atoms with E-state index in [1.54, 1.807) is 36.4 Å². The maximum absolute atomic E-state index is 11.8. The molecule has 5 atom stereocenters. The third-order valence-electron chi connectivity index (χ3n) is 6.01. The molecule has 1 aliphatic rings. The number of aliphatic hydroxyl groups excluding tert-OH is 3. The van der Waals surface area contributed by atoms with Gasteiger partial charge >= 0.3 is 5.97 Å². The predicted octanol–water partition coefficient (Wildman–Crippen LogP) is 1.98. The highest BCUT2D eigenvalue weighted by atomic mass is 35.5. The van der Waals surface area contributed by atoms with Crippen LogP contribution in [0.2, 0.25) is 5.02 Å². The molecule has 0 aliphatic heterocycles. The smallest absolute Gasteiger partial charge is 0.325 e. The SMILES string of the molecule is O=C(CCC/C=C\C[C@@H]1[C@@H](/C=C/[C@@H](O)COc2cccc(Cl)c2)[C@H](O)C[C@@H]1O)NCC(=O)OCCO[N+](=O)[O-]. The van der Waals surface area contributed by atoms with Crippen LogP contribution in [0.5, 0.6) is 5.75 Å². The zero-order valence-corrected chi connectivity index (χ0v) is 22.2. The van der Waals surface area contributed by atoms with Gasteiger partial charge in [0.2, 0.25) is 5.91 Å². The number of ether oxygens (including phenoxy) is 2. The summed E-state index contributed by atoms with van der Waals surface area (Å²) < 4.78 is 10.2. The summed E-state index contributed by atoms with van der Waals surface area (Å²) in [6, 6.07) is 6.83. The molecule has 0 saturated heterocycles. The Bertz CT molecular complexity index is 989. The Morgan fingerprint density at radius 2 is 2.03 bits per heavy atom. The maximum atomic E-state index is 11.8. The number of allylic oxidation sites excluding steroid dienone is 2. The van der Waals surface area contributed by atoms with Crippen molar-refractivity contribution in [3.05, 3.63) is 63.7 Å². The van der Waals surface area contributed by atoms with Crippen molar-refractivity contribution >= 4 is 23.5 Å². The lowest BCUT2D eigenvalue weighted by Gasteiger charge is -2.19. The second-order valence-corrected chi connectivity index (χ2v) is 9.42. The molecule has 1 aromatic rings. The molecule has 1 saturated carbocycles. The highest BCUT2D eigenvalue weighted by Gasteiger charge is 2.39. The molecule has 0 radical (unpaired) electrons. The lowest BCUT2D eigenvalue weighted by atomic mass is 9.89. The monoisotopic (exact) mass is 570 g/mol. The van der Waals surface area contributed by atoms with Crippen LogP contribution in [0.4, 0.5) is 0 Å². The summed E-state index contributed by atoms with van der Waals surface area (Å²) in [6.45, 7) is -0.997. The maximum Gasteiger partial charge on any atom is 0.325 e. The van der Waals surface area contributed by atoms with Gasteiger partial charge < -0.3 is 34.9 Å². The molecule has 1 aliphatic carbocycles. The van der Waals surface area contributed by atoms with Crippen molar-refractivity contribution in [2.24, 2.45) is 11.8 Å². The largest absolute Gasteiger partial charge is 0.491 e. The molecule has 13 heteroatoms. The molecule has 1 fully saturated rings. The highest BCUT2D eigenvalue weighted by Crippen LogP contribution is 2.36. The van der Waals surface area contributed by atoms with Gasteiger partial charge in [0.05, 0.1) is 12.2 Å². The highest BCUT2D eigenvalue weighted by molar-refractivity contribution is 6.30. The number of nitrogens with zero attached hydrogens (tertiary/aromatic N) is 1. The molecule has 0 aromatic heterocycles. The number of aliphatic hydroxyl groups is 3. The second-order valence-electron chi connectivity index (χ2n) is 8.99. The van der Waals surface area contributed by atoms with Gasteiger partial charge in [-0.05, 0) is 43.4 Å². The minimum absolute atomic E-state index is 0.0143. The van der Waals surface area contributed by atoms with Crippen molar-refractivity contribution in [1.29, 1.82) is 0 Å². The van der Waals surface area contributed by atoms with Crippen molar-refractivity contribution in [3.63, 3.8) is 0 Å². The van der Waals surface area contributed by atoms with Crippen LogP contribution in [-0.2, 0) is 19.2 Å². The van der Waals surface area contributed by atoms with Gasteiger partial charge in [-0.3, -0.25) is 9.59 Å². The number of halogens is 1. The minimum atomic E-state index is -0.994. The van der Waals surface area contributed by atoms with Crippen LogP contribution in [0.1, 0.15) is 32.1 Å². The van der Waals surface area contributed by atoms with E-state index in [4.69, 9.17) is 16.3 Å². The molecule has 0 heterocycles. The van der Waals surface area contributed by atoms with Crippen molar-refractivity contribution in [1.82, 2.24) is 5.32 Å². The van der Waals surface area contributed by atoms with Crippen molar-refractivity contribution in [2.45, 2.75) is 50.4 Å². The van der Waals surface area contributed by atoms with Gasteiger partial charge in [0.15, 0.2) is 0 Å². The minimum Gasteiger partial charge on any atom is -0.491 e. The quantitative estimate of drug-likeness (QED) is 0.0711. The van der Waals surface area contributed by atoms with Gasteiger partial charge in [0.25, 0.3) is 5.09 Å². The molecule has 0 bridgehead atoms. The first kappa shape index (κ1) is 32.0. The van der Waals surface area contributed by atoms with E-state index in [1.807, 2.05) is 12.2 Å². The van der Waals surface area contributed by atoms with E-state index in [0.717, 1.165) is 0 Å². The summed E-state index contributed by atoms with van der Waals surface area (Å²) in [5.74, 6) is -1.08. The van der Waals surface area contributed by atoms with Gasteiger partial charge in [-0.2, -0.15) is 0 Å². The van der Waals surface area contributed by atoms with Gasteiger partial charge in [-0.1, -0.05) is 42.0 Å². The van der Waals surface area contributed by atoms with Crippen LogP contribution >= 0.6 is 11.6 Å². The summed E-state index contributed by atoms with van der Waals surface area (Å²) >= 11 is 5.92. The van der Waals surface area contributed by atoms with Gasteiger partial charge in [-0.25, -0.2) is 0 Å². The average Bonchev–Trinajstić information content (AvgIpc) is 3.16. The first-order valence-electron chi connectivity index (χ1n) is 12.6. The van der Waals surface area contributed by atoms with Crippen LogP contribution < -0.4 is 10.1 Å². The first-order valence-corrected chi connectivity index (χ1v) is 13.0. The second kappa shape index (κ2) is 17.4. The Morgan fingerprint density at radius 3 is 2.77 bits per heavy atom. The van der Waals surface area contributed by atoms with E-state index in [-0.39, 0.29) is 57.0 Å². The van der Waals surface area contributed by atoms with E-state index >= 15 is 0 Å². The lowest BCUT2D eigenvalue weighted by Crippen LogP contribution is -2.31. The number of rotatable bonds is 17.